The van der Waals surface area contributed by atoms with Gasteiger partial charge in [0.2, 0.25) is 5.95 Å². The van der Waals surface area contributed by atoms with Crippen molar-refractivity contribution in [2.45, 2.75) is 24.8 Å². The van der Waals surface area contributed by atoms with E-state index in [1.54, 1.807) is 13.8 Å². The second-order valence-corrected chi connectivity index (χ2v) is 6.33. The first-order valence-electron chi connectivity index (χ1n) is 6.21. The van der Waals surface area contributed by atoms with Crippen molar-refractivity contribution < 1.29 is 21.9 Å². The first kappa shape index (κ1) is 16.1. The van der Waals surface area contributed by atoms with Crippen LogP contribution in [0.2, 0.25) is 0 Å². The van der Waals surface area contributed by atoms with E-state index in [4.69, 9.17) is 0 Å². The maximum absolute atomic E-state index is 13.6. The van der Waals surface area contributed by atoms with Crippen molar-refractivity contribution in [3.63, 3.8) is 0 Å². The molecule has 0 fully saturated rings. The molecule has 0 aliphatic rings. The van der Waals surface area contributed by atoms with Crippen LogP contribution >= 0.6 is 0 Å². The SMILES string of the molecule is COc1c(F)cc(S(=O)(=O)Nc2ncnn2C(C)C)cc1F. The number of nitrogens with zero attached hydrogens (tertiary/aromatic N) is 3. The minimum atomic E-state index is -4.22. The number of methoxy groups -OCH3 is 1. The highest BCUT2D eigenvalue weighted by atomic mass is 32.2. The Bertz CT molecular complexity index is 766. The number of hydrogen-bond acceptors (Lipinski definition) is 5. The Labute approximate surface area is 126 Å². The maximum atomic E-state index is 13.6. The molecule has 7 nitrogen and oxygen atoms in total. The minimum absolute atomic E-state index is 0.0494. The van der Waals surface area contributed by atoms with Gasteiger partial charge in [0, 0.05) is 0 Å². The number of anilines is 1. The lowest BCUT2D eigenvalue weighted by molar-refractivity contribution is 0.358. The topological polar surface area (TPSA) is 86.1 Å². The third-order valence-electron chi connectivity index (χ3n) is 2.77. The first-order chi connectivity index (χ1) is 10.3. The zero-order valence-electron chi connectivity index (χ0n) is 12.0. The van der Waals surface area contributed by atoms with Crippen molar-refractivity contribution in [2.75, 3.05) is 11.8 Å². The normalized spacial score (nSPS) is 11.7. The molecule has 1 aromatic carbocycles. The van der Waals surface area contributed by atoms with E-state index < -0.39 is 32.3 Å². The molecule has 0 spiro atoms. The van der Waals surface area contributed by atoms with Crippen LogP contribution in [-0.4, -0.2) is 30.3 Å². The zero-order chi connectivity index (χ0) is 16.5. The summed E-state index contributed by atoms with van der Waals surface area (Å²) in [7, 11) is -3.14. The maximum Gasteiger partial charge on any atom is 0.264 e. The van der Waals surface area contributed by atoms with Crippen LogP contribution in [0.1, 0.15) is 19.9 Å². The monoisotopic (exact) mass is 332 g/mol. The van der Waals surface area contributed by atoms with E-state index in [1.807, 2.05) is 0 Å². The number of benzene rings is 1. The minimum Gasteiger partial charge on any atom is -0.491 e. The molecular weight excluding hydrogens is 318 g/mol. The number of sulfonamides is 1. The fourth-order valence-corrected chi connectivity index (χ4v) is 2.79. The quantitative estimate of drug-likeness (QED) is 0.904. The van der Waals surface area contributed by atoms with Crippen molar-refractivity contribution in [3.05, 3.63) is 30.1 Å². The molecule has 0 atom stereocenters. The Morgan fingerprint density at radius 3 is 2.36 bits per heavy atom. The second-order valence-electron chi connectivity index (χ2n) is 4.65. The summed E-state index contributed by atoms with van der Waals surface area (Å²) in [5, 5.41) is 3.87. The molecule has 0 aliphatic heterocycles. The number of hydrogen-bond donors (Lipinski definition) is 1. The van der Waals surface area contributed by atoms with Gasteiger partial charge in [0.1, 0.15) is 6.33 Å². The summed E-state index contributed by atoms with van der Waals surface area (Å²) in [5.74, 6) is -2.93. The number of halogens is 2. The lowest BCUT2D eigenvalue weighted by Gasteiger charge is -2.12. The van der Waals surface area contributed by atoms with Crippen molar-refractivity contribution in [1.29, 1.82) is 0 Å². The molecule has 0 radical (unpaired) electrons. The summed E-state index contributed by atoms with van der Waals surface area (Å²) in [4.78, 5) is 3.19. The summed E-state index contributed by atoms with van der Waals surface area (Å²) >= 11 is 0. The molecule has 2 rings (SSSR count). The Hall–Kier alpha value is -2.23. The van der Waals surface area contributed by atoms with Crippen LogP contribution in [-0.2, 0) is 10.0 Å². The van der Waals surface area contributed by atoms with Crippen LogP contribution in [0.5, 0.6) is 5.75 Å². The molecule has 0 aliphatic carbocycles. The smallest absolute Gasteiger partial charge is 0.264 e. The predicted molar refractivity (Wildman–Crippen MR) is 74.1 cm³/mol. The lowest BCUT2D eigenvalue weighted by atomic mass is 10.3. The van der Waals surface area contributed by atoms with Gasteiger partial charge in [0.15, 0.2) is 17.4 Å². The molecule has 0 bridgehead atoms. The first-order valence-corrected chi connectivity index (χ1v) is 7.70. The van der Waals surface area contributed by atoms with Crippen LogP contribution in [0.25, 0.3) is 0 Å². The van der Waals surface area contributed by atoms with Gasteiger partial charge in [-0.05, 0) is 26.0 Å². The predicted octanol–water partition coefficient (Wildman–Crippen LogP) is 1.95. The third kappa shape index (κ3) is 3.01. The number of rotatable bonds is 5. The number of nitrogens with one attached hydrogen (secondary N) is 1. The average molecular weight is 332 g/mol. The highest BCUT2D eigenvalue weighted by molar-refractivity contribution is 7.92. The molecule has 22 heavy (non-hydrogen) atoms. The van der Waals surface area contributed by atoms with Crippen LogP contribution in [0, 0.1) is 11.6 Å². The standard InChI is InChI=1S/C12H14F2N4O3S/c1-7(2)18-12(15-6-16-18)17-22(19,20)8-4-9(13)11(21-3)10(14)5-8/h4-7H,1-3H3,(H,15,16,17). The summed E-state index contributed by atoms with van der Waals surface area (Å²) in [5.41, 5.74) is 0. The van der Waals surface area contributed by atoms with Crippen LogP contribution < -0.4 is 9.46 Å². The summed E-state index contributed by atoms with van der Waals surface area (Å²) < 4.78 is 59.7. The van der Waals surface area contributed by atoms with E-state index in [0.29, 0.717) is 12.1 Å². The van der Waals surface area contributed by atoms with E-state index in [1.165, 1.54) is 11.0 Å². The number of ether oxygens (including phenoxy) is 1. The van der Waals surface area contributed by atoms with Crippen molar-refractivity contribution in [2.24, 2.45) is 0 Å². The van der Waals surface area contributed by atoms with E-state index >= 15 is 0 Å². The van der Waals surface area contributed by atoms with Gasteiger partial charge in [-0.15, -0.1) is 0 Å². The van der Waals surface area contributed by atoms with Gasteiger partial charge in [-0.3, -0.25) is 0 Å². The Morgan fingerprint density at radius 2 is 1.86 bits per heavy atom. The van der Waals surface area contributed by atoms with Crippen molar-refractivity contribution >= 4 is 16.0 Å². The highest BCUT2D eigenvalue weighted by Crippen LogP contribution is 2.26. The van der Waals surface area contributed by atoms with Crippen LogP contribution in [0.3, 0.4) is 0 Å². The van der Waals surface area contributed by atoms with Crippen LogP contribution in [0.15, 0.2) is 23.4 Å². The van der Waals surface area contributed by atoms with Crippen LogP contribution in [0.4, 0.5) is 14.7 Å². The summed E-state index contributed by atoms with van der Waals surface area (Å²) in [6.07, 6.45) is 1.17. The molecule has 10 heteroatoms. The largest absolute Gasteiger partial charge is 0.491 e. The fraction of sp³-hybridized carbons (Fsp3) is 0.333. The molecule has 1 heterocycles. The molecule has 0 saturated carbocycles. The Morgan fingerprint density at radius 1 is 1.27 bits per heavy atom. The third-order valence-corrected chi connectivity index (χ3v) is 4.08. The summed E-state index contributed by atoms with van der Waals surface area (Å²) in [6, 6.07) is 1.19. The molecule has 0 unspecified atom stereocenters. The molecule has 0 saturated heterocycles. The zero-order valence-corrected chi connectivity index (χ0v) is 12.9. The van der Waals surface area contributed by atoms with E-state index in [-0.39, 0.29) is 12.0 Å². The van der Waals surface area contributed by atoms with E-state index in [0.717, 1.165) is 7.11 Å². The van der Waals surface area contributed by atoms with Gasteiger partial charge in [0.25, 0.3) is 10.0 Å². The van der Waals surface area contributed by atoms with Gasteiger partial charge >= 0.3 is 0 Å². The van der Waals surface area contributed by atoms with E-state index in [9.17, 15) is 17.2 Å². The lowest BCUT2D eigenvalue weighted by Crippen LogP contribution is -2.18. The molecule has 0 amide bonds. The summed E-state index contributed by atoms with van der Waals surface area (Å²) in [6.45, 7) is 3.55. The van der Waals surface area contributed by atoms with Crippen molar-refractivity contribution in [1.82, 2.24) is 14.8 Å². The molecular formula is C12H14F2N4O3S. The molecule has 1 N–H and O–H groups in total. The molecule has 1 aromatic heterocycles. The Balaban J connectivity index is 2.41. The van der Waals surface area contributed by atoms with Gasteiger partial charge in [0.05, 0.1) is 18.0 Å². The van der Waals surface area contributed by atoms with Gasteiger partial charge in [-0.1, -0.05) is 0 Å². The van der Waals surface area contributed by atoms with Gasteiger partial charge in [-0.2, -0.15) is 10.1 Å². The average Bonchev–Trinajstić information content (AvgIpc) is 2.85. The highest BCUT2D eigenvalue weighted by Gasteiger charge is 2.22. The molecule has 2 aromatic rings. The Kier molecular flexibility index (Phi) is 4.31. The van der Waals surface area contributed by atoms with Gasteiger partial charge < -0.3 is 4.74 Å². The van der Waals surface area contributed by atoms with E-state index in [2.05, 4.69) is 19.5 Å². The van der Waals surface area contributed by atoms with Crippen molar-refractivity contribution in [3.8, 4) is 5.75 Å². The fourth-order valence-electron chi connectivity index (χ4n) is 1.77. The number of aromatic nitrogens is 3. The molecule has 120 valence electrons. The van der Waals surface area contributed by atoms with Gasteiger partial charge in [-0.25, -0.2) is 26.6 Å². The second kappa shape index (κ2) is 5.87.